The third-order valence-corrected chi connectivity index (χ3v) is 10.5. The van der Waals surface area contributed by atoms with Crippen molar-refractivity contribution < 1.29 is 39.0 Å². The lowest BCUT2D eigenvalue weighted by molar-refractivity contribution is -0.225. The number of hydrogen-bond donors (Lipinski definition) is 2. The quantitative estimate of drug-likeness (QED) is 0.506. The van der Waals surface area contributed by atoms with Crippen LogP contribution in [0.4, 0.5) is 0 Å². The van der Waals surface area contributed by atoms with Crippen LogP contribution in [0.15, 0.2) is 18.2 Å². The zero-order valence-corrected chi connectivity index (χ0v) is 24.5. The first kappa shape index (κ1) is 30.0. The largest absolute Gasteiger partial charge is 0.507 e. The summed E-state index contributed by atoms with van der Waals surface area (Å²) in [4.78, 5) is 82.9. The second-order valence-corrected chi connectivity index (χ2v) is 13.4. The van der Waals surface area contributed by atoms with Crippen LogP contribution in [0.3, 0.4) is 0 Å². The number of hydrogen-bond acceptors (Lipinski definition) is 8. The molecule has 0 saturated heterocycles. The number of carbonyl (C=O) groups is 6. The van der Waals surface area contributed by atoms with Crippen molar-refractivity contribution in [1.29, 1.82) is 0 Å². The van der Waals surface area contributed by atoms with Gasteiger partial charge in [-0.1, -0.05) is 60.6 Å². The molecule has 3 unspecified atom stereocenters. The Balaban J connectivity index is 2.12. The fourth-order valence-corrected chi connectivity index (χ4v) is 8.72. The van der Waals surface area contributed by atoms with Crippen molar-refractivity contribution in [2.75, 3.05) is 0 Å². The van der Waals surface area contributed by atoms with Crippen LogP contribution in [0, 0.1) is 46.3 Å². The van der Waals surface area contributed by atoms with E-state index < -0.39 is 80.9 Å². The molecule has 1 aromatic rings. The van der Waals surface area contributed by atoms with Crippen LogP contribution in [0.1, 0.15) is 90.1 Å². The number of ketones is 6. The second-order valence-electron chi connectivity index (χ2n) is 13.4. The van der Waals surface area contributed by atoms with Crippen molar-refractivity contribution in [3.8, 4) is 5.75 Å². The van der Waals surface area contributed by atoms with Gasteiger partial charge in [-0.3, -0.25) is 28.8 Å². The molecular formula is C32H40O8. The van der Waals surface area contributed by atoms with Gasteiger partial charge in [0.25, 0.3) is 0 Å². The van der Waals surface area contributed by atoms with Crippen molar-refractivity contribution in [2.24, 2.45) is 46.3 Å². The highest BCUT2D eigenvalue weighted by molar-refractivity contribution is 6.32. The highest BCUT2D eigenvalue weighted by atomic mass is 16.3. The van der Waals surface area contributed by atoms with Gasteiger partial charge in [0.05, 0.1) is 11.5 Å². The first-order valence-electron chi connectivity index (χ1n) is 14.1. The first-order chi connectivity index (χ1) is 18.4. The van der Waals surface area contributed by atoms with Gasteiger partial charge in [0, 0.05) is 24.2 Å². The van der Waals surface area contributed by atoms with Crippen LogP contribution >= 0.6 is 0 Å². The van der Waals surface area contributed by atoms with E-state index in [1.807, 2.05) is 20.8 Å². The molecule has 216 valence electrons. The van der Waals surface area contributed by atoms with Gasteiger partial charge in [-0.2, -0.15) is 0 Å². The monoisotopic (exact) mass is 552 g/mol. The molecule has 0 amide bonds. The van der Waals surface area contributed by atoms with E-state index in [2.05, 4.69) is 0 Å². The maximum atomic E-state index is 14.6. The van der Waals surface area contributed by atoms with E-state index >= 15 is 0 Å². The Morgan fingerprint density at radius 3 is 2.12 bits per heavy atom. The van der Waals surface area contributed by atoms with Gasteiger partial charge in [-0.25, -0.2) is 0 Å². The van der Waals surface area contributed by atoms with E-state index in [-0.39, 0.29) is 35.9 Å². The molecule has 3 aliphatic carbocycles. The Hall–Kier alpha value is -3.00. The average Bonchev–Trinajstić information content (AvgIpc) is 2.82. The summed E-state index contributed by atoms with van der Waals surface area (Å²) in [6.07, 6.45) is 0.0290. The number of Topliss-reactive ketones (excluding diaryl/α,β-unsaturated/α-hetero) is 6. The van der Waals surface area contributed by atoms with Crippen molar-refractivity contribution in [3.63, 3.8) is 0 Å². The Bertz CT molecular complexity index is 1340. The molecule has 8 nitrogen and oxygen atoms in total. The van der Waals surface area contributed by atoms with Crippen LogP contribution in [-0.2, 0) is 24.0 Å². The van der Waals surface area contributed by atoms with Gasteiger partial charge in [0.15, 0.2) is 28.7 Å². The van der Waals surface area contributed by atoms with Crippen LogP contribution in [-0.4, -0.2) is 50.5 Å². The summed E-state index contributed by atoms with van der Waals surface area (Å²) in [5.41, 5.74) is -5.48. The van der Waals surface area contributed by atoms with Gasteiger partial charge >= 0.3 is 0 Å². The maximum absolute atomic E-state index is 14.6. The standard InChI is InChI=1S/C32H40O8/c1-14(2)12-18(34)13-21-30(7)16(5)19-10-9-11-20(35)23(19)27(37)25(30)29(39)32(40)28(38)22(17(6)33)26(36)24(15(3)4)31(21,32)8/h9-11,14-16,21-22,24-25,35,40H,12-13H2,1-8H3/t16-,21-,22?,24?,25?,30-,31-,32+/m1/s1. The number of phenolic OH excluding ortho intramolecular Hbond substituents is 1. The summed E-state index contributed by atoms with van der Waals surface area (Å²) in [5, 5.41) is 23.1. The molecule has 3 aliphatic rings. The molecule has 0 aliphatic heterocycles. The van der Waals surface area contributed by atoms with Gasteiger partial charge in [0.1, 0.15) is 23.2 Å². The minimum absolute atomic E-state index is 0.00806. The van der Waals surface area contributed by atoms with Gasteiger partial charge < -0.3 is 10.2 Å². The molecule has 2 N–H and O–H groups in total. The fraction of sp³-hybridized carbons (Fsp3) is 0.625. The molecule has 0 aromatic heterocycles. The summed E-state index contributed by atoms with van der Waals surface area (Å²) in [7, 11) is 0. The molecule has 0 radical (unpaired) electrons. The lowest BCUT2D eigenvalue weighted by atomic mass is 9.34. The topological polar surface area (TPSA) is 143 Å². The highest BCUT2D eigenvalue weighted by Gasteiger charge is 2.80. The van der Waals surface area contributed by atoms with E-state index in [9.17, 15) is 39.0 Å². The second kappa shape index (κ2) is 9.54. The molecule has 2 fully saturated rings. The summed E-state index contributed by atoms with van der Waals surface area (Å²) in [6, 6.07) is 4.64. The van der Waals surface area contributed by atoms with Crippen molar-refractivity contribution in [2.45, 2.75) is 79.8 Å². The smallest absolute Gasteiger partial charge is 0.190 e. The number of rotatable bonds is 6. The molecule has 2 saturated carbocycles. The Labute approximate surface area is 234 Å². The predicted molar refractivity (Wildman–Crippen MR) is 146 cm³/mol. The van der Waals surface area contributed by atoms with Gasteiger partial charge in [-0.15, -0.1) is 0 Å². The third-order valence-electron chi connectivity index (χ3n) is 10.5. The average molecular weight is 553 g/mol. The van der Waals surface area contributed by atoms with E-state index in [1.54, 1.807) is 32.9 Å². The summed E-state index contributed by atoms with van der Waals surface area (Å²) in [5.74, 6) is -11.5. The van der Waals surface area contributed by atoms with Crippen molar-refractivity contribution in [3.05, 3.63) is 29.3 Å². The SMILES string of the molecule is CC(=O)C1C(=O)C(C(C)C)[C@@]2(C)[C@H](CC(=O)CC(C)C)[C@]3(C)C(C(=O)c4c(O)cccc4[C@H]3C)C(=O)[C@@]2(O)C1=O. The van der Waals surface area contributed by atoms with Crippen LogP contribution in [0.25, 0.3) is 0 Å². The molecule has 8 atom stereocenters. The first-order valence-corrected chi connectivity index (χ1v) is 14.1. The van der Waals surface area contributed by atoms with Crippen molar-refractivity contribution >= 4 is 34.7 Å². The summed E-state index contributed by atoms with van der Waals surface area (Å²) >= 11 is 0. The molecule has 8 heteroatoms. The molecule has 1 aromatic carbocycles. The van der Waals surface area contributed by atoms with E-state index in [0.717, 1.165) is 6.92 Å². The maximum Gasteiger partial charge on any atom is 0.190 e. The number of benzene rings is 1. The summed E-state index contributed by atoms with van der Waals surface area (Å²) < 4.78 is 0. The lowest BCUT2D eigenvalue weighted by Crippen LogP contribution is -2.80. The molecule has 40 heavy (non-hydrogen) atoms. The molecule has 0 spiro atoms. The number of phenols is 1. The Kier molecular flexibility index (Phi) is 7.15. The van der Waals surface area contributed by atoms with Gasteiger partial charge in [-0.05, 0) is 47.6 Å². The fourth-order valence-electron chi connectivity index (χ4n) is 8.72. The van der Waals surface area contributed by atoms with Crippen LogP contribution in [0.2, 0.25) is 0 Å². The van der Waals surface area contributed by atoms with Crippen LogP contribution < -0.4 is 0 Å². The number of aliphatic hydroxyl groups is 1. The third kappa shape index (κ3) is 3.60. The number of fused-ring (bicyclic) bond motifs is 3. The van der Waals surface area contributed by atoms with E-state index in [1.165, 1.54) is 13.0 Å². The van der Waals surface area contributed by atoms with Crippen molar-refractivity contribution in [1.82, 2.24) is 0 Å². The van der Waals surface area contributed by atoms with E-state index in [0.29, 0.717) is 5.56 Å². The Morgan fingerprint density at radius 1 is 1.00 bits per heavy atom. The minimum Gasteiger partial charge on any atom is -0.507 e. The van der Waals surface area contributed by atoms with E-state index in [4.69, 9.17) is 0 Å². The number of aromatic hydroxyl groups is 1. The molecule has 0 heterocycles. The van der Waals surface area contributed by atoms with Crippen LogP contribution in [0.5, 0.6) is 5.75 Å². The minimum atomic E-state index is -2.86. The lowest BCUT2D eigenvalue weighted by Gasteiger charge is -2.67. The zero-order chi connectivity index (χ0) is 30.3. The van der Waals surface area contributed by atoms with Gasteiger partial charge in [0.2, 0.25) is 0 Å². The summed E-state index contributed by atoms with van der Waals surface area (Å²) in [6.45, 7) is 13.4. The predicted octanol–water partition coefficient (Wildman–Crippen LogP) is 3.89. The zero-order valence-electron chi connectivity index (χ0n) is 24.5. The Morgan fingerprint density at radius 2 is 1.60 bits per heavy atom. The molecule has 4 rings (SSSR count). The normalized spacial score (nSPS) is 37.3. The molecular weight excluding hydrogens is 512 g/mol. The number of carbonyl (C=O) groups excluding carboxylic acids is 6. The highest BCUT2D eigenvalue weighted by Crippen LogP contribution is 2.70. The molecule has 0 bridgehead atoms.